The minimum absolute atomic E-state index is 0.872. The van der Waals surface area contributed by atoms with E-state index in [1.54, 1.807) is 18.5 Å². The van der Waals surface area contributed by atoms with Gasteiger partial charge in [0.05, 0.1) is 0 Å². The van der Waals surface area contributed by atoms with Crippen molar-refractivity contribution in [3.63, 3.8) is 0 Å². The smallest absolute Gasteiger partial charge is 0.164 e. The minimum Gasteiger partial charge on any atom is -0.299 e. The zero-order valence-electron chi connectivity index (χ0n) is 8.83. The van der Waals surface area contributed by atoms with Crippen LogP contribution in [0.25, 0.3) is 5.52 Å². The molecule has 1 aliphatic rings. The summed E-state index contributed by atoms with van der Waals surface area (Å²) in [5.74, 6) is 0.872. The Labute approximate surface area is 98.1 Å². The molecule has 0 saturated carbocycles. The van der Waals surface area contributed by atoms with E-state index in [0.29, 0.717) is 0 Å². The van der Waals surface area contributed by atoms with E-state index in [2.05, 4.69) is 19.1 Å². The first-order valence-electron chi connectivity index (χ1n) is 5.40. The summed E-state index contributed by atoms with van der Waals surface area (Å²) in [7, 11) is 0. The van der Waals surface area contributed by atoms with Gasteiger partial charge in [-0.25, -0.2) is 13.8 Å². The van der Waals surface area contributed by atoms with Gasteiger partial charge in [0.1, 0.15) is 11.8 Å². The summed E-state index contributed by atoms with van der Waals surface area (Å²) in [4.78, 5) is 4.25. The van der Waals surface area contributed by atoms with Crippen molar-refractivity contribution >= 4 is 23.5 Å². The van der Waals surface area contributed by atoms with Crippen LogP contribution >= 0.6 is 12.1 Å². The first-order valence-corrected chi connectivity index (χ1v) is 6.17. The molecule has 2 aromatic rings. The third-order valence-electron chi connectivity index (χ3n) is 2.67. The van der Waals surface area contributed by atoms with Gasteiger partial charge in [0.25, 0.3) is 0 Å². The quantitative estimate of drug-likeness (QED) is 0.822. The van der Waals surface area contributed by atoms with Gasteiger partial charge in [0, 0.05) is 31.4 Å². The minimum atomic E-state index is 0.872. The van der Waals surface area contributed by atoms with Crippen LogP contribution in [-0.2, 0) is 0 Å². The van der Waals surface area contributed by atoms with Crippen LogP contribution < -0.4 is 4.72 Å². The van der Waals surface area contributed by atoms with Gasteiger partial charge in [0.2, 0.25) is 0 Å². The van der Waals surface area contributed by atoms with E-state index < -0.39 is 0 Å². The Bertz CT molecular complexity index is 477. The zero-order valence-corrected chi connectivity index (χ0v) is 9.65. The molecule has 0 unspecified atom stereocenters. The Morgan fingerprint density at radius 2 is 2.19 bits per heavy atom. The first-order chi connectivity index (χ1) is 7.93. The van der Waals surface area contributed by atoms with Gasteiger partial charge in [-0.15, -0.1) is 0 Å². The SMILES string of the molecule is c1cc2c(NSN3CCCC3)ncnn2c1. The van der Waals surface area contributed by atoms with Gasteiger partial charge in [-0.2, -0.15) is 5.10 Å². The fraction of sp³-hybridized carbons (Fsp3) is 0.400. The molecule has 1 aliphatic heterocycles. The second-order valence-electron chi connectivity index (χ2n) is 3.78. The fourth-order valence-electron chi connectivity index (χ4n) is 1.83. The highest BCUT2D eigenvalue weighted by atomic mass is 32.2. The van der Waals surface area contributed by atoms with Gasteiger partial charge in [-0.05, 0) is 25.0 Å². The van der Waals surface area contributed by atoms with Crippen molar-refractivity contribution in [1.82, 2.24) is 18.9 Å². The van der Waals surface area contributed by atoms with E-state index in [9.17, 15) is 0 Å². The van der Waals surface area contributed by atoms with Gasteiger partial charge < -0.3 is 0 Å². The highest BCUT2D eigenvalue weighted by Gasteiger charge is 2.12. The molecule has 1 fully saturated rings. The second-order valence-corrected chi connectivity index (χ2v) is 4.68. The Balaban J connectivity index is 1.75. The molecule has 5 nitrogen and oxygen atoms in total. The average Bonchev–Trinajstić information content (AvgIpc) is 2.97. The molecule has 16 heavy (non-hydrogen) atoms. The summed E-state index contributed by atoms with van der Waals surface area (Å²) in [5.41, 5.74) is 1.01. The number of anilines is 1. The second kappa shape index (κ2) is 4.31. The molecule has 0 amide bonds. The summed E-state index contributed by atoms with van der Waals surface area (Å²) in [5, 5.41) is 4.12. The summed E-state index contributed by atoms with van der Waals surface area (Å²) >= 11 is 1.64. The molecule has 3 rings (SSSR count). The monoisotopic (exact) mass is 235 g/mol. The molecule has 0 aromatic carbocycles. The number of aromatic nitrogens is 3. The van der Waals surface area contributed by atoms with E-state index in [4.69, 9.17) is 0 Å². The molecule has 0 spiro atoms. The fourth-order valence-corrected chi connectivity index (χ4v) is 2.65. The lowest BCUT2D eigenvalue weighted by atomic mass is 10.4. The number of nitrogens with one attached hydrogen (secondary N) is 1. The Hall–Kier alpha value is -1.27. The van der Waals surface area contributed by atoms with Crippen molar-refractivity contribution in [3.8, 4) is 0 Å². The maximum Gasteiger partial charge on any atom is 0.164 e. The average molecular weight is 235 g/mol. The van der Waals surface area contributed by atoms with E-state index >= 15 is 0 Å². The molecule has 0 aliphatic carbocycles. The lowest BCUT2D eigenvalue weighted by Gasteiger charge is -2.13. The van der Waals surface area contributed by atoms with Crippen LogP contribution in [0.4, 0.5) is 5.82 Å². The largest absolute Gasteiger partial charge is 0.299 e. The van der Waals surface area contributed by atoms with Crippen molar-refractivity contribution in [3.05, 3.63) is 24.7 Å². The van der Waals surface area contributed by atoms with E-state index in [0.717, 1.165) is 24.4 Å². The van der Waals surface area contributed by atoms with Crippen LogP contribution in [0.3, 0.4) is 0 Å². The van der Waals surface area contributed by atoms with Gasteiger partial charge in [-0.3, -0.25) is 4.72 Å². The molecule has 2 aromatic heterocycles. The van der Waals surface area contributed by atoms with E-state index in [1.165, 1.54) is 12.8 Å². The summed E-state index contributed by atoms with van der Waals surface area (Å²) in [6.07, 6.45) is 6.07. The van der Waals surface area contributed by atoms with Crippen LogP contribution in [0.2, 0.25) is 0 Å². The summed E-state index contributed by atoms with van der Waals surface area (Å²) in [6.45, 7) is 2.31. The Kier molecular flexibility index (Phi) is 2.67. The summed E-state index contributed by atoms with van der Waals surface area (Å²) in [6, 6.07) is 3.97. The molecular formula is C10H13N5S. The molecule has 0 atom stereocenters. The van der Waals surface area contributed by atoms with Crippen LogP contribution in [0.1, 0.15) is 12.8 Å². The first kappa shape index (κ1) is 9.92. The molecule has 84 valence electrons. The predicted octanol–water partition coefficient (Wildman–Crippen LogP) is 1.80. The van der Waals surface area contributed by atoms with Gasteiger partial charge in [-0.1, -0.05) is 0 Å². The molecular weight excluding hydrogens is 222 g/mol. The standard InChI is InChI=1S/C10H13N5S/c1-2-6-14(5-1)16-13-10-9-4-3-7-15(9)12-8-11-10/h3-4,7-8H,1-2,5-6H2,(H,11,12,13). The third-order valence-corrected chi connectivity index (χ3v) is 3.58. The lowest BCUT2D eigenvalue weighted by molar-refractivity contribution is 0.589. The summed E-state index contributed by atoms with van der Waals surface area (Å²) < 4.78 is 7.43. The highest BCUT2D eigenvalue weighted by molar-refractivity contribution is 7.98. The van der Waals surface area contributed by atoms with Crippen molar-refractivity contribution in [1.29, 1.82) is 0 Å². The van der Waals surface area contributed by atoms with Crippen LogP contribution in [0.15, 0.2) is 24.7 Å². The zero-order chi connectivity index (χ0) is 10.8. The maximum absolute atomic E-state index is 4.25. The predicted molar refractivity (Wildman–Crippen MR) is 65.0 cm³/mol. The third kappa shape index (κ3) is 1.85. The molecule has 0 bridgehead atoms. The van der Waals surface area contributed by atoms with Crippen molar-refractivity contribution in [2.24, 2.45) is 0 Å². The normalized spacial score (nSPS) is 17.0. The van der Waals surface area contributed by atoms with Gasteiger partial charge >= 0.3 is 0 Å². The molecule has 1 N–H and O–H groups in total. The highest BCUT2D eigenvalue weighted by Crippen LogP contribution is 2.22. The van der Waals surface area contributed by atoms with Crippen LogP contribution in [-0.4, -0.2) is 32.0 Å². The Morgan fingerprint density at radius 1 is 1.31 bits per heavy atom. The topological polar surface area (TPSA) is 45.5 Å². The number of fused-ring (bicyclic) bond motifs is 1. The molecule has 1 saturated heterocycles. The van der Waals surface area contributed by atoms with Crippen molar-refractivity contribution < 1.29 is 0 Å². The number of nitrogens with zero attached hydrogens (tertiary/aromatic N) is 4. The Morgan fingerprint density at radius 3 is 3.06 bits per heavy atom. The van der Waals surface area contributed by atoms with Gasteiger partial charge in [0.15, 0.2) is 5.82 Å². The number of rotatable bonds is 3. The van der Waals surface area contributed by atoms with Crippen molar-refractivity contribution in [2.45, 2.75) is 12.8 Å². The number of hydrogen-bond donors (Lipinski definition) is 1. The molecule has 0 radical (unpaired) electrons. The number of hydrogen-bond acceptors (Lipinski definition) is 5. The van der Waals surface area contributed by atoms with Crippen molar-refractivity contribution in [2.75, 3.05) is 17.8 Å². The molecule has 6 heteroatoms. The molecule has 3 heterocycles. The lowest BCUT2D eigenvalue weighted by Crippen LogP contribution is -2.12. The van der Waals surface area contributed by atoms with E-state index in [-0.39, 0.29) is 0 Å². The maximum atomic E-state index is 4.25. The van der Waals surface area contributed by atoms with Crippen LogP contribution in [0, 0.1) is 0 Å². The van der Waals surface area contributed by atoms with E-state index in [1.807, 2.05) is 22.8 Å². The van der Waals surface area contributed by atoms with Crippen LogP contribution in [0.5, 0.6) is 0 Å².